The van der Waals surface area contributed by atoms with Gasteiger partial charge in [-0.3, -0.25) is 4.79 Å². The van der Waals surface area contributed by atoms with E-state index in [9.17, 15) is 17.6 Å². The summed E-state index contributed by atoms with van der Waals surface area (Å²) in [5.74, 6) is -0.706. The minimum atomic E-state index is -3.31. The zero-order valence-electron chi connectivity index (χ0n) is 11.6. The number of nitrogens with one attached hydrogen (secondary N) is 1. The summed E-state index contributed by atoms with van der Waals surface area (Å²) in [6, 6.07) is 3.62. The van der Waals surface area contributed by atoms with Gasteiger partial charge < -0.3 is 11.1 Å². The van der Waals surface area contributed by atoms with Gasteiger partial charge in [0.2, 0.25) is 5.91 Å². The number of carbonyl (C=O) groups is 1. The van der Waals surface area contributed by atoms with Crippen molar-refractivity contribution in [3.63, 3.8) is 0 Å². The molecule has 0 aliphatic carbocycles. The highest BCUT2D eigenvalue weighted by Crippen LogP contribution is 2.32. The van der Waals surface area contributed by atoms with Crippen LogP contribution in [-0.2, 0) is 14.6 Å². The van der Waals surface area contributed by atoms with Gasteiger partial charge in [-0.1, -0.05) is 0 Å². The molecule has 1 atom stereocenters. The number of unbranched alkanes of at least 4 members (excludes halogenated alkanes) is 1. The predicted octanol–water partition coefficient (Wildman–Crippen LogP) is 1.29. The van der Waals surface area contributed by atoms with Gasteiger partial charge in [-0.2, -0.15) is 0 Å². The zero-order chi connectivity index (χ0) is 15.5. The minimum Gasteiger partial charge on any atom is -0.370 e. The van der Waals surface area contributed by atoms with Crippen LogP contribution < -0.4 is 11.1 Å². The fourth-order valence-corrected chi connectivity index (χ4v) is 4.13. The van der Waals surface area contributed by atoms with E-state index in [1.807, 2.05) is 0 Å². The number of carbonyl (C=O) groups excluding carboxylic acids is 1. The number of hydrogen-bond acceptors (Lipinski definition) is 4. The molecule has 116 valence electrons. The molecule has 1 aromatic carbocycles. The van der Waals surface area contributed by atoms with Crippen LogP contribution >= 0.6 is 0 Å². The molecule has 1 aliphatic rings. The second-order valence-electron chi connectivity index (χ2n) is 5.22. The van der Waals surface area contributed by atoms with Crippen molar-refractivity contribution >= 4 is 15.7 Å². The van der Waals surface area contributed by atoms with Crippen LogP contribution in [0.1, 0.15) is 37.3 Å². The van der Waals surface area contributed by atoms with Crippen LogP contribution in [0.25, 0.3) is 0 Å². The summed E-state index contributed by atoms with van der Waals surface area (Å²) in [6.07, 6.45) is 2.21. The third kappa shape index (κ3) is 4.01. The van der Waals surface area contributed by atoms with Gasteiger partial charge in [-0.25, -0.2) is 12.8 Å². The van der Waals surface area contributed by atoms with Crippen molar-refractivity contribution < 1.29 is 17.6 Å². The average Bonchev–Trinajstić information content (AvgIpc) is 2.40. The van der Waals surface area contributed by atoms with Crippen LogP contribution in [0.3, 0.4) is 0 Å². The molecule has 21 heavy (non-hydrogen) atoms. The van der Waals surface area contributed by atoms with Crippen LogP contribution in [0.15, 0.2) is 23.1 Å². The van der Waals surface area contributed by atoms with E-state index in [0.29, 0.717) is 31.4 Å². The summed E-state index contributed by atoms with van der Waals surface area (Å²) in [7, 11) is -3.31. The van der Waals surface area contributed by atoms with E-state index in [4.69, 9.17) is 5.73 Å². The van der Waals surface area contributed by atoms with E-state index in [0.717, 1.165) is 6.42 Å². The van der Waals surface area contributed by atoms with E-state index in [-0.39, 0.29) is 22.6 Å². The molecule has 0 aromatic heterocycles. The monoisotopic (exact) mass is 314 g/mol. The molecule has 0 fully saturated rings. The van der Waals surface area contributed by atoms with Gasteiger partial charge in [0.05, 0.1) is 10.6 Å². The lowest BCUT2D eigenvalue weighted by molar-refractivity contribution is -0.118. The number of sulfone groups is 1. The molecule has 1 heterocycles. The SMILES string of the molecule is NC(=O)CCCCNC1CCS(=O)(=O)c2ccc(F)cc21. The summed E-state index contributed by atoms with van der Waals surface area (Å²) < 4.78 is 37.3. The van der Waals surface area contributed by atoms with Crippen molar-refractivity contribution in [3.05, 3.63) is 29.6 Å². The first-order valence-corrected chi connectivity index (χ1v) is 8.59. The van der Waals surface area contributed by atoms with Crippen molar-refractivity contribution in [3.8, 4) is 0 Å². The van der Waals surface area contributed by atoms with E-state index < -0.39 is 15.7 Å². The molecular weight excluding hydrogens is 295 g/mol. The normalized spacial score (nSPS) is 20.0. The summed E-state index contributed by atoms with van der Waals surface area (Å²) in [5.41, 5.74) is 5.56. The maximum atomic E-state index is 13.4. The molecule has 1 unspecified atom stereocenters. The topological polar surface area (TPSA) is 89.3 Å². The molecule has 7 heteroatoms. The average molecular weight is 314 g/mol. The number of amides is 1. The van der Waals surface area contributed by atoms with Gasteiger partial charge in [-0.05, 0) is 49.6 Å². The van der Waals surface area contributed by atoms with E-state index in [2.05, 4.69) is 5.32 Å². The molecular formula is C14H19FN2O3S. The van der Waals surface area contributed by atoms with Gasteiger partial charge in [0.25, 0.3) is 0 Å². The molecule has 1 aliphatic heterocycles. The third-order valence-electron chi connectivity index (χ3n) is 3.60. The number of primary amides is 1. The highest BCUT2D eigenvalue weighted by molar-refractivity contribution is 7.91. The van der Waals surface area contributed by atoms with Crippen molar-refractivity contribution in [1.82, 2.24) is 5.32 Å². The lowest BCUT2D eigenvalue weighted by atomic mass is 10.0. The Kier molecular flexibility index (Phi) is 4.95. The Hall–Kier alpha value is -1.47. The number of nitrogens with two attached hydrogens (primary N) is 1. The van der Waals surface area contributed by atoms with Gasteiger partial charge in [-0.15, -0.1) is 0 Å². The Morgan fingerprint density at radius 2 is 2.14 bits per heavy atom. The lowest BCUT2D eigenvalue weighted by Gasteiger charge is -2.26. The van der Waals surface area contributed by atoms with Crippen molar-refractivity contribution in [2.24, 2.45) is 5.73 Å². The fourth-order valence-electron chi connectivity index (χ4n) is 2.53. The number of rotatable bonds is 6. The van der Waals surface area contributed by atoms with Crippen LogP contribution in [0, 0.1) is 5.82 Å². The molecule has 0 radical (unpaired) electrons. The first-order chi connectivity index (χ1) is 9.90. The minimum absolute atomic E-state index is 0.0601. The number of hydrogen-bond donors (Lipinski definition) is 2. The van der Waals surface area contributed by atoms with Crippen molar-refractivity contribution in [1.29, 1.82) is 0 Å². The fraction of sp³-hybridized carbons (Fsp3) is 0.500. The molecule has 5 nitrogen and oxygen atoms in total. The number of halogens is 1. The van der Waals surface area contributed by atoms with E-state index in [1.54, 1.807) is 0 Å². The Bertz CT molecular complexity index is 631. The molecule has 0 saturated heterocycles. The van der Waals surface area contributed by atoms with Crippen LogP contribution in [0.5, 0.6) is 0 Å². The molecule has 0 saturated carbocycles. The summed E-state index contributed by atoms with van der Waals surface area (Å²) >= 11 is 0. The maximum Gasteiger partial charge on any atom is 0.217 e. The van der Waals surface area contributed by atoms with Crippen molar-refractivity contribution in [2.45, 2.75) is 36.6 Å². The van der Waals surface area contributed by atoms with E-state index in [1.165, 1.54) is 18.2 Å². The van der Waals surface area contributed by atoms with E-state index >= 15 is 0 Å². The van der Waals surface area contributed by atoms with Gasteiger partial charge in [0.1, 0.15) is 5.82 Å². The zero-order valence-corrected chi connectivity index (χ0v) is 12.5. The quantitative estimate of drug-likeness (QED) is 0.611. The Balaban J connectivity index is 2.02. The summed E-state index contributed by atoms with van der Waals surface area (Å²) in [4.78, 5) is 10.8. The third-order valence-corrected chi connectivity index (χ3v) is 5.41. The number of benzene rings is 1. The molecule has 2 rings (SSSR count). The highest BCUT2D eigenvalue weighted by Gasteiger charge is 2.30. The van der Waals surface area contributed by atoms with Crippen LogP contribution in [0.2, 0.25) is 0 Å². The van der Waals surface area contributed by atoms with Gasteiger partial charge in [0.15, 0.2) is 9.84 Å². The summed E-state index contributed by atoms with van der Waals surface area (Å²) in [5, 5.41) is 3.23. The lowest BCUT2D eigenvalue weighted by Crippen LogP contribution is -2.30. The van der Waals surface area contributed by atoms with Crippen LogP contribution in [0.4, 0.5) is 4.39 Å². The summed E-state index contributed by atoms with van der Waals surface area (Å²) in [6.45, 7) is 0.633. The van der Waals surface area contributed by atoms with Gasteiger partial charge in [0, 0.05) is 12.5 Å². The Labute approximate surface area is 123 Å². The van der Waals surface area contributed by atoms with Crippen molar-refractivity contribution in [2.75, 3.05) is 12.3 Å². The second kappa shape index (κ2) is 6.53. The standard InChI is InChI=1S/C14H19FN2O3S/c15-10-4-5-13-11(9-10)12(6-8-21(13,19)20)17-7-2-1-3-14(16)18/h4-5,9,12,17H,1-3,6-8H2,(H2,16,18). The molecule has 3 N–H and O–H groups in total. The molecule has 1 amide bonds. The highest BCUT2D eigenvalue weighted by atomic mass is 32.2. The maximum absolute atomic E-state index is 13.4. The smallest absolute Gasteiger partial charge is 0.217 e. The second-order valence-corrected chi connectivity index (χ2v) is 7.30. The Morgan fingerprint density at radius 3 is 2.86 bits per heavy atom. The Morgan fingerprint density at radius 1 is 1.38 bits per heavy atom. The first kappa shape index (κ1) is 15.9. The van der Waals surface area contributed by atoms with Crippen LogP contribution in [-0.4, -0.2) is 26.6 Å². The predicted molar refractivity (Wildman–Crippen MR) is 76.9 cm³/mol. The number of fused-ring (bicyclic) bond motifs is 1. The van der Waals surface area contributed by atoms with Gasteiger partial charge >= 0.3 is 0 Å². The molecule has 0 spiro atoms. The molecule has 0 bridgehead atoms. The molecule has 1 aromatic rings. The first-order valence-electron chi connectivity index (χ1n) is 6.94. The largest absolute Gasteiger partial charge is 0.370 e.